The Morgan fingerprint density at radius 2 is 2.06 bits per heavy atom. The minimum absolute atomic E-state index is 0.0583. The van der Waals surface area contributed by atoms with Gasteiger partial charge in [-0.15, -0.1) is 0 Å². The average molecular weight is 446 g/mol. The lowest BCUT2D eigenvalue weighted by molar-refractivity contribution is -0.137. The summed E-state index contributed by atoms with van der Waals surface area (Å²) in [5.74, 6) is 1.02. The summed E-state index contributed by atoms with van der Waals surface area (Å²) in [6, 6.07) is 7.12. The number of anilines is 1. The Morgan fingerprint density at radius 3 is 2.81 bits per heavy atom. The standard InChI is InChI=1S/C22H25F3N6O/c1-14(2)31-19(9-10-27-31)29-20(32)13-30-11-5-8-18(30)21-26-12-17(28-21)15-6-3-4-7-16(15)22(23,24)25/h3-4,6-7,9-10,12,14,18H,5,8,11,13H2,1-2H3,(H,26,28)(H,29,32)/t18-/m0/s1. The molecule has 1 amide bonds. The summed E-state index contributed by atoms with van der Waals surface area (Å²) in [5.41, 5.74) is -0.340. The lowest BCUT2D eigenvalue weighted by Gasteiger charge is -2.22. The van der Waals surface area contributed by atoms with Gasteiger partial charge >= 0.3 is 6.18 Å². The average Bonchev–Trinajstić information content (AvgIpc) is 3.47. The van der Waals surface area contributed by atoms with E-state index < -0.39 is 11.7 Å². The highest BCUT2D eigenvalue weighted by atomic mass is 19.4. The summed E-state index contributed by atoms with van der Waals surface area (Å²) in [6.45, 7) is 4.81. The van der Waals surface area contributed by atoms with Crippen LogP contribution in [0.25, 0.3) is 11.3 Å². The van der Waals surface area contributed by atoms with Crippen molar-refractivity contribution in [3.63, 3.8) is 0 Å². The second kappa shape index (κ2) is 8.78. The molecule has 170 valence electrons. The molecule has 1 fully saturated rings. The normalized spacial score (nSPS) is 17.2. The number of likely N-dealkylation sites (tertiary alicyclic amines) is 1. The smallest absolute Gasteiger partial charge is 0.341 e. The van der Waals surface area contributed by atoms with Gasteiger partial charge in [0, 0.05) is 17.7 Å². The second-order valence-electron chi connectivity index (χ2n) is 8.16. The van der Waals surface area contributed by atoms with E-state index in [9.17, 15) is 18.0 Å². The van der Waals surface area contributed by atoms with Crippen LogP contribution in [0.5, 0.6) is 0 Å². The largest absolute Gasteiger partial charge is 0.417 e. The Morgan fingerprint density at radius 1 is 1.28 bits per heavy atom. The number of hydrogen-bond donors (Lipinski definition) is 2. The summed E-state index contributed by atoms with van der Waals surface area (Å²) in [7, 11) is 0. The van der Waals surface area contributed by atoms with Crippen LogP contribution in [-0.2, 0) is 11.0 Å². The molecule has 0 unspecified atom stereocenters. The van der Waals surface area contributed by atoms with Crippen molar-refractivity contribution in [2.75, 3.05) is 18.4 Å². The van der Waals surface area contributed by atoms with Gasteiger partial charge in [0.15, 0.2) is 0 Å². The number of nitrogens with one attached hydrogen (secondary N) is 2. The number of alkyl halides is 3. The molecule has 1 aliphatic rings. The minimum atomic E-state index is -4.46. The Kier molecular flexibility index (Phi) is 6.05. The molecular weight excluding hydrogens is 421 g/mol. The molecule has 1 aromatic carbocycles. The number of amides is 1. The van der Waals surface area contributed by atoms with Gasteiger partial charge < -0.3 is 10.3 Å². The number of rotatable bonds is 6. The van der Waals surface area contributed by atoms with Gasteiger partial charge in [0.2, 0.25) is 5.91 Å². The van der Waals surface area contributed by atoms with Crippen molar-refractivity contribution in [2.45, 2.75) is 44.9 Å². The van der Waals surface area contributed by atoms with Crippen LogP contribution in [0.4, 0.5) is 19.0 Å². The molecule has 3 heterocycles. The number of nitrogens with zero attached hydrogens (tertiary/aromatic N) is 4. The first kappa shape index (κ1) is 22.1. The highest BCUT2D eigenvalue weighted by Gasteiger charge is 2.34. The molecule has 7 nitrogen and oxygen atoms in total. The van der Waals surface area contributed by atoms with E-state index in [4.69, 9.17) is 0 Å². The molecule has 0 bridgehead atoms. The molecule has 1 atom stereocenters. The Labute approximate surface area is 183 Å². The quantitative estimate of drug-likeness (QED) is 0.578. The molecule has 32 heavy (non-hydrogen) atoms. The zero-order valence-corrected chi connectivity index (χ0v) is 17.9. The van der Waals surface area contributed by atoms with Gasteiger partial charge in [-0.2, -0.15) is 18.3 Å². The molecule has 1 saturated heterocycles. The second-order valence-corrected chi connectivity index (χ2v) is 8.16. The van der Waals surface area contributed by atoms with Crippen LogP contribution in [0.3, 0.4) is 0 Å². The van der Waals surface area contributed by atoms with Crippen LogP contribution in [-0.4, -0.2) is 43.6 Å². The lowest BCUT2D eigenvalue weighted by atomic mass is 10.0. The number of benzene rings is 1. The van der Waals surface area contributed by atoms with E-state index in [1.807, 2.05) is 18.7 Å². The molecule has 3 aromatic rings. The minimum Gasteiger partial charge on any atom is -0.341 e. The molecule has 0 aliphatic carbocycles. The molecule has 2 N–H and O–H groups in total. The fraction of sp³-hybridized carbons (Fsp3) is 0.409. The molecule has 4 rings (SSSR count). The monoisotopic (exact) mass is 446 g/mol. The van der Waals surface area contributed by atoms with Crippen LogP contribution < -0.4 is 5.32 Å². The predicted molar refractivity (Wildman–Crippen MR) is 114 cm³/mol. The van der Waals surface area contributed by atoms with Crippen LogP contribution in [0.15, 0.2) is 42.7 Å². The summed E-state index contributed by atoms with van der Waals surface area (Å²) < 4.78 is 41.9. The Balaban J connectivity index is 1.49. The van der Waals surface area contributed by atoms with Crippen molar-refractivity contribution < 1.29 is 18.0 Å². The van der Waals surface area contributed by atoms with Crippen molar-refractivity contribution in [2.24, 2.45) is 0 Å². The van der Waals surface area contributed by atoms with Gasteiger partial charge in [-0.25, -0.2) is 9.67 Å². The third-order valence-electron chi connectivity index (χ3n) is 5.57. The van der Waals surface area contributed by atoms with Gasteiger partial charge in [-0.1, -0.05) is 18.2 Å². The first-order chi connectivity index (χ1) is 15.2. The van der Waals surface area contributed by atoms with E-state index in [2.05, 4.69) is 20.4 Å². The summed E-state index contributed by atoms with van der Waals surface area (Å²) in [4.78, 5) is 22.1. The molecular formula is C22H25F3N6O. The highest BCUT2D eigenvalue weighted by Crippen LogP contribution is 2.37. The highest BCUT2D eigenvalue weighted by molar-refractivity contribution is 5.91. The van der Waals surface area contributed by atoms with Gasteiger partial charge in [0.05, 0.1) is 36.2 Å². The van der Waals surface area contributed by atoms with E-state index >= 15 is 0 Å². The molecule has 0 saturated carbocycles. The van der Waals surface area contributed by atoms with Gasteiger partial charge in [-0.05, 0) is 39.3 Å². The number of H-pyrrole nitrogens is 1. The van der Waals surface area contributed by atoms with Crippen LogP contribution in [0.2, 0.25) is 0 Å². The van der Waals surface area contributed by atoms with E-state index in [0.717, 1.165) is 18.9 Å². The fourth-order valence-electron chi connectivity index (χ4n) is 4.12. The molecule has 2 aromatic heterocycles. The van der Waals surface area contributed by atoms with E-state index in [0.29, 0.717) is 23.9 Å². The topological polar surface area (TPSA) is 78.8 Å². The zero-order valence-electron chi connectivity index (χ0n) is 17.9. The maximum absolute atomic E-state index is 13.4. The van der Waals surface area contributed by atoms with Gasteiger partial charge in [-0.3, -0.25) is 9.69 Å². The number of aromatic nitrogens is 4. The molecule has 10 heteroatoms. The molecule has 1 aliphatic heterocycles. The van der Waals surface area contributed by atoms with Gasteiger partial charge in [0.1, 0.15) is 11.6 Å². The van der Waals surface area contributed by atoms with Gasteiger partial charge in [0.25, 0.3) is 0 Å². The zero-order chi connectivity index (χ0) is 22.9. The third-order valence-corrected chi connectivity index (χ3v) is 5.57. The van der Waals surface area contributed by atoms with E-state index in [1.54, 1.807) is 23.0 Å². The summed E-state index contributed by atoms with van der Waals surface area (Å²) >= 11 is 0. The third kappa shape index (κ3) is 4.55. The van der Waals surface area contributed by atoms with Crippen LogP contribution in [0, 0.1) is 0 Å². The lowest BCUT2D eigenvalue weighted by Crippen LogP contribution is -2.33. The fourth-order valence-corrected chi connectivity index (χ4v) is 4.12. The number of hydrogen-bond acceptors (Lipinski definition) is 4. The number of carbonyl (C=O) groups excluding carboxylic acids is 1. The maximum Gasteiger partial charge on any atom is 0.417 e. The first-order valence-electron chi connectivity index (χ1n) is 10.5. The predicted octanol–water partition coefficient (Wildman–Crippen LogP) is 4.65. The SMILES string of the molecule is CC(C)n1nccc1NC(=O)CN1CCC[C@H]1c1ncc(-c2ccccc2C(F)(F)F)[nH]1. The first-order valence-corrected chi connectivity index (χ1v) is 10.5. The number of halogens is 3. The Hall–Kier alpha value is -3.14. The van der Waals surface area contributed by atoms with Crippen LogP contribution >= 0.6 is 0 Å². The number of imidazole rings is 1. The van der Waals surface area contributed by atoms with Crippen LogP contribution in [0.1, 0.15) is 50.2 Å². The summed E-state index contributed by atoms with van der Waals surface area (Å²) in [5, 5.41) is 7.10. The van der Waals surface area contributed by atoms with E-state index in [1.165, 1.54) is 18.3 Å². The van der Waals surface area contributed by atoms with Crippen molar-refractivity contribution in [3.05, 3.63) is 54.1 Å². The molecule has 0 spiro atoms. The number of aromatic amines is 1. The van der Waals surface area contributed by atoms with Crippen molar-refractivity contribution in [1.29, 1.82) is 0 Å². The van der Waals surface area contributed by atoms with Crippen molar-refractivity contribution in [3.8, 4) is 11.3 Å². The van der Waals surface area contributed by atoms with Crippen molar-refractivity contribution >= 4 is 11.7 Å². The summed E-state index contributed by atoms with van der Waals surface area (Å²) in [6.07, 6.45) is 0.249. The van der Waals surface area contributed by atoms with E-state index in [-0.39, 0.29) is 30.1 Å². The van der Waals surface area contributed by atoms with Crippen molar-refractivity contribution in [1.82, 2.24) is 24.6 Å². The maximum atomic E-state index is 13.4. The number of carbonyl (C=O) groups is 1. The Bertz CT molecular complexity index is 1090. The molecule has 0 radical (unpaired) electrons.